The molecule has 1 N–H and O–H groups in total. The van der Waals surface area contributed by atoms with Gasteiger partial charge in [-0.15, -0.1) is 0 Å². The molecular weight excluding hydrogens is 360 g/mol. The Labute approximate surface area is 165 Å². The zero-order chi connectivity index (χ0) is 21.0. The molecule has 0 aliphatic carbocycles. The maximum absolute atomic E-state index is 12.8. The van der Waals surface area contributed by atoms with E-state index in [1.165, 1.54) is 6.92 Å². The summed E-state index contributed by atoms with van der Waals surface area (Å²) in [7, 11) is 0. The molecule has 1 aromatic rings. The third-order valence-electron chi connectivity index (χ3n) is 4.45. The molecule has 1 aliphatic heterocycles. The summed E-state index contributed by atoms with van der Waals surface area (Å²) in [5.41, 5.74) is 0.550. The average Bonchev–Trinajstić information content (AvgIpc) is 2.88. The fourth-order valence-corrected chi connectivity index (χ4v) is 3.00. The highest BCUT2D eigenvalue weighted by molar-refractivity contribution is 6.22. The van der Waals surface area contributed by atoms with Gasteiger partial charge < -0.3 is 10.1 Å². The van der Waals surface area contributed by atoms with Crippen LogP contribution >= 0.6 is 0 Å². The van der Waals surface area contributed by atoms with E-state index < -0.39 is 35.8 Å². The van der Waals surface area contributed by atoms with E-state index in [9.17, 15) is 19.2 Å². The van der Waals surface area contributed by atoms with Crippen molar-refractivity contribution in [2.45, 2.75) is 53.2 Å². The quantitative estimate of drug-likeness (QED) is 0.545. The summed E-state index contributed by atoms with van der Waals surface area (Å²) in [5, 5.41) is 2.70. The number of rotatable bonds is 8. The van der Waals surface area contributed by atoms with E-state index in [1.807, 2.05) is 27.7 Å². The number of amides is 3. The zero-order valence-corrected chi connectivity index (χ0v) is 17.0. The Morgan fingerprint density at radius 2 is 1.50 bits per heavy atom. The van der Waals surface area contributed by atoms with Crippen LogP contribution in [0.5, 0.6) is 0 Å². The number of fused-ring (bicyclic) bond motifs is 1. The van der Waals surface area contributed by atoms with Gasteiger partial charge >= 0.3 is 5.97 Å². The van der Waals surface area contributed by atoms with Crippen LogP contribution in [0.2, 0.25) is 0 Å². The molecular formula is C21H28N2O5. The summed E-state index contributed by atoms with van der Waals surface area (Å²) in [6.45, 7) is 9.63. The lowest BCUT2D eigenvalue weighted by Crippen LogP contribution is -2.48. The van der Waals surface area contributed by atoms with Gasteiger partial charge in [0.1, 0.15) is 6.04 Å². The van der Waals surface area contributed by atoms with E-state index in [2.05, 4.69) is 5.32 Å². The maximum atomic E-state index is 12.8. The molecule has 1 aromatic carbocycles. The maximum Gasteiger partial charge on any atom is 0.330 e. The first-order chi connectivity index (χ1) is 13.1. The van der Waals surface area contributed by atoms with Gasteiger partial charge in [-0.3, -0.25) is 19.3 Å². The van der Waals surface area contributed by atoms with Crippen LogP contribution in [0.4, 0.5) is 0 Å². The minimum absolute atomic E-state index is 0.0342. The van der Waals surface area contributed by atoms with E-state index in [0.29, 0.717) is 6.54 Å². The lowest BCUT2D eigenvalue weighted by molar-refractivity contribution is -0.159. The van der Waals surface area contributed by atoms with E-state index in [0.717, 1.165) is 4.90 Å². The Morgan fingerprint density at radius 3 is 1.96 bits per heavy atom. The van der Waals surface area contributed by atoms with Crippen molar-refractivity contribution in [2.24, 2.45) is 11.8 Å². The topological polar surface area (TPSA) is 92.8 Å². The van der Waals surface area contributed by atoms with Gasteiger partial charge in [0, 0.05) is 6.54 Å². The lowest BCUT2D eigenvalue weighted by atomic mass is 10.0. The van der Waals surface area contributed by atoms with Gasteiger partial charge in [0.2, 0.25) is 0 Å². The number of hydrogen-bond acceptors (Lipinski definition) is 5. The summed E-state index contributed by atoms with van der Waals surface area (Å²) in [6.07, 6.45) is -0.763. The second-order valence-corrected chi connectivity index (χ2v) is 7.89. The van der Waals surface area contributed by atoms with Gasteiger partial charge in [-0.1, -0.05) is 39.8 Å². The molecule has 0 fully saturated rings. The first-order valence-electron chi connectivity index (χ1n) is 9.58. The first kappa shape index (κ1) is 21.6. The smallest absolute Gasteiger partial charge is 0.330 e. The monoisotopic (exact) mass is 388 g/mol. The number of carbonyl (C=O) groups is 4. The van der Waals surface area contributed by atoms with Gasteiger partial charge in [-0.05, 0) is 37.3 Å². The fraction of sp³-hybridized carbons (Fsp3) is 0.524. The van der Waals surface area contributed by atoms with Gasteiger partial charge in [-0.25, -0.2) is 4.79 Å². The van der Waals surface area contributed by atoms with Crippen LogP contribution in [0, 0.1) is 11.8 Å². The van der Waals surface area contributed by atoms with Crippen LogP contribution in [-0.2, 0) is 14.3 Å². The molecule has 2 rings (SSSR count). The second-order valence-electron chi connectivity index (χ2n) is 7.89. The third-order valence-corrected chi connectivity index (χ3v) is 4.45. The number of benzene rings is 1. The molecule has 0 saturated heterocycles. The average molecular weight is 388 g/mol. The summed E-state index contributed by atoms with van der Waals surface area (Å²) >= 11 is 0. The predicted molar refractivity (Wildman–Crippen MR) is 104 cm³/mol. The first-order valence-corrected chi connectivity index (χ1v) is 9.58. The molecule has 3 amide bonds. The van der Waals surface area contributed by atoms with Crippen molar-refractivity contribution in [1.82, 2.24) is 10.2 Å². The van der Waals surface area contributed by atoms with Crippen LogP contribution in [0.15, 0.2) is 24.3 Å². The van der Waals surface area contributed by atoms with Gasteiger partial charge in [0.25, 0.3) is 17.7 Å². The Morgan fingerprint density at radius 1 is 0.964 bits per heavy atom. The minimum atomic E-state index is -1.08. The number of carbonyl (C=O) groups excluding carboxylic acids is 4. The third kappa shape index (κ3) is 4.77. The number of hydrogen-bond donors (Lipinski definition) is 1. The van der Waals surface area contributed by atoms with Gasteiger partial charge in [0.05, 0.1) is 11.1 Å². The largest absolute Gasteiger partial charge is 0.451 e. The molecule has 1 aliphatic rings. The van der Waals surface area contributed by atoms with Crippen LogP contribution in [0.3, 0.4) is 0 Å². The van der Waals surface area contributed by atoms with Crippen LogP contribution in [0.1, 0.15) is 61.8 Å². The molecule has 0 spiro atoms. The van der Waals surface area contributed by atoms with Crippen molar-refractivity contribution in [2.75, 3.05) is 6.54 Å². The van der Waals surface area contributed by atoms with Crippen LogP contribution in [-0.4, -0.2) is 47.3 Å². The minimum Gasteiger partial charge on any atom is -0.451 e. The van der Waals surface area contributed by atoms with E-state index in [1.54, 1.807) is 24.3 Å². The van der Waals surface area contributed by atoms with Crippen molar-refractivity contribution in [3.63, 3.8) is 0 Å². The van der Waals surface area contributed by atoms with Crippen molar-refractivity contribution in [3.05, 3.63) is 35.4 Å². The van der Waals surface area contributed by atoms with Crippen LogP contribution in [0.25, 0.3) is 0 Å². The van der Waals surface area contributed by atoms with E-state index in [-0.39, 0.29) is 29.4 Å². The number of nitrogens with one attached hydrogen (secondary N) is 1. The molecule has 0 radical (unpaired) electrons. The number of imide groups is 1. The Hall–Kier alpha value is -2.70. The molecule has 28 heavy (non-hydrogen) atoms. The van der Waals surface area contributed by atoms with Crippen molar-refractivity contribution in [3.8, 4) is 0 Å². The molecule has 0 aromatic heterocycles. The lowest BCUT2D eigenvalue weighted by Gasteiger charge is -2.27. The highest BCUT2D eigenvalue weighted by Gasteiger charge is 2.44. The number of ether oxygens (including phenoxy) is 1. The number of nitrogens with zero attached hydrogens (tertiary/aromatic N) is 1. The Kier molecular flexibility index (Phi) is 6.94. The summed E-state index contributed by atoms with van der Waals surface area (Å²) in [5.74, 6) is -1.89. The zero-order valence-electron chi connectivity index (χ0n) is 17.0. The van der Waals surface area contributed by atoms with E-state index >= 15 is 0 Å². The summed E-state index contributed by atoms with van der Waals surface area (Å²) < 4.78 is 5.32. The normalized spacial score (nSPS) is 15.6. The van der Waals surface area contributed by atoms with E-state index in [4.69, 9.17) is 4.74 Å². The SMILES string of the molecule is CC(C)CNC(=O)[C@@H](C)OC(=O)[C@H](CC(C)C)N1C(=O)c2ccccc2C1=O. The highest BCUT2D eigenvalue weighted by atomic mass is 16.5. The number of esters is 1. The van der Waals surface area contributed by atoms with Crippen molar-refractivity contribution >= 4 is 23.7 Å². The molecule has 7 nitrogen and oxygen atoms in total. The molecule has 2 atom stereocenters. The molecule has 7 heteroatoms. The van der Waals surface area contributed by atoms with Crippen molar-refractivity contribution < 1.29 is 23.9 Å². The molecule has 0 bridgehead atoms. The second kappa shape index (κ2) is 8.99. The summed E-state index contributed by atoms with van der Waals surface area (Å²) in [4.78, 5) is 51.4. The van der Waals surface area contributed by atoms with Gasteiger partial charge in [0.15, 0.2) is 6.10 Å². The molecule has 152 valence electrons. The molecule has 0 saturated carbocycles. The summed E-state index contributed by atoms with van der Waals surface area (Å²) in [6, 6.07) is 5.40. The molecule has 0 unspecified atom stereocenters. The Bertz CT molecular complexity index is 737. The van der Waals surface area contributed by atoms with Gasteiger partial charge in [-0.2, -0.15) is 0 Å². The van der Waals surface area contributed by atoms with Crippen LogP contribution < -0.4 is 5.32 Å². The highest BCUT2D eigenvalue weighted by Crippen LogP contribution is 2.27. The molecule has 1 heterocycles. The Balaban J connectivity index is 2.18. The predicted octanol–water partition coefficient (Wildman–Crippen LogP) is 2.40. The fourth-order valence-electron chi connectivity index (χ4n) is 3.00. The standard InChI is InChI=1S/C21H28N2O5/c1-12(2)10-17(21(27)28-14(5)18(24)22-11-13(3)4)23-19(25)15-8-6-7-9-16(15)20(23)26/h6-9,12-14,17H,10-11H2,1-5H3,(H,22,24)/t14-,17+/m1/s1. The van der Waals surface area contributed by atoms with Crippen molar-refractivity contribution in [1.29, 1.82) is 0 Å².